The van der Waals surface area contributed by atoms with E-state index in [-0.39, 0.29) is 45.9 Å². The van der Waals surface area contributed by atoms with Gasteiger partial charge in [0, 0.05) is 5.02 Å². The number of carbonyl (C=O) groups is 2. The van der Waals surface area contributed by atoms with Crippen LogP contribution < -0.4 is 4.90 Å². The zero-order valence-electron chi connectivity index (χ0n) is 12.8. The smallest absolute Gasteiger partial charge is 0.355 e. The van der Waals surface area contributed by atoms with Crippen LogP contribution in [0.1, 0.15) is 5.56 Å². The number of nitriles is 1. The van der Waals surface area contributed by atoms with Crippen LogP contribution in [0.5, 0.6) is 0 Å². The van der Waals surface area contributed by atoms with Crippen LogP contribution in [0.3, 0.4) is 0 Å². The zero-order chi connectivity index (χ0) is 17.9. The molecule has 0 atom stereocenters. The number of anilines is 1. The van der Waals surface area contributed by atoms with Crippen molar-refractivity contribution in [3.05, 3.63) is 39.0 Å². The molecule has 0 fully saturated rings. The third-order valence-electron chi connectivity index (χ3n) is 3.25. The molecule has 126 valence electrons. The SMILES string of the molecule is COC(=O)C1=C(C(=O)OC)N(c2c(Cl)cc(Cl)cc2C#N)COC1. The minimum Gasteiger partial charge on any atom is -0.466 e. The molecule has 0 saturated carbocycles. The lowest BCUT2D eigenvalue weighted by molar-refractivity contribution is -0.140. The van der Waals surface area contributed by atoms with Gasteiger partial charge in [-0.1, -0.05) is 23.2 Å². The van der Waals surface area contributed by atoms with E-state index >= 15 is 0 Å². The Bertz CT molecular complexity index is 770. The lowest BCUT2D eigenvalue weighted by atomic mass is 10.1. The summed E-state index contributed by atoms with van der Waals surface area (Å²) in [5, 5.41) is 9.72. The fourth-order valence-corrected chi connectivity index (χ4v) is 2.84. The summed E-state index contributed by atoms with van der Waals surface area (Å²) in [6.07, 6.45) is 0. The van der Waals surface area contributed by atoms with Crippen LogP contribution in [0.25, 0.3) is 0 Å². The molecule has 1 aliphatic heterocycles. The highest BCUT2D eigenvalue weighted by Gasteiger charge is 2.34. The van der Waals surface area contributed by atoms with E-state index in [0.717, 1.165) is 0 Å². The monoisotopic (exact) mass is 370 g/mol. The van der Waals surface area contributed by atoms with Crippen molar-refractivity contribution < 1.29 is 23.8 Å². The molecule has 1 aromatic carbocycles. The summed E-state index contributed by atoms with van der Waals surface area (Å²) in [5.41, 5.74) is 0.163. The first-order valence-corrected chi connectivity index (χ1v) is 7.34. The van der Waals surface area contributed by atoms with E-state index in [1.54, 1.807) is 0 Å². The quantitative estimate of drug-likeness (QED) is 0.753. The maximum absolute atomic E-state index is 12.2. The summed E-state index contributed by atoms with van der Waals surface area (Å²) in [6, 6.07) is 4.76. The topological polar surface area (TPSA) is 88.9 Å². The van der Waals surface area contributed by atoms with E-state index < -0.39 is 11.9 Å². The summed E-state index contributed by atoms with van der Waals surface area (Å²) in [6.45, 7) is -0.248. The molecule has 0 saturated heterocycles. The van der Waals surface area contributed by atoms with Crippen molar-refractivity contribution in [3.63, 3.8) is 0 Å². The van der Waals surface area contributed by atoms with Gasteiger partial charge in [0.05, 0.1) is 42.7 Å². The first-order valence-electron chi connectivity index (χ1n) is 6.58. The van der Waals surface area contributed by atoms with Gasteiger partial charge in [0.1, 0.15) is 18.5 Å². The first kappa shape index (κ1) is 18.1. The molecule has 1 aliphatic rings. The van der Waals surface area contributed by atoms with E-state index in [0.29, 0.717) is 0 Å². The number of esters is 2. The average Bonchev–Trinajstić information content (AvgIpc) is 2.59. The Labute approximate surface area is 147 Å². The second-order valence-corrected chi connectivity index (χ2v) is 5.46. The number of hydrogen-bond acceptors (Lipinski definition) is 7. The van der Waals surface area contributed by atoms with Crippen LogP contribution in [0.2, 0.25) is 10.0 Å². The van der Waals surface area contributed by atoms with Gasteiger partial charge in [-0.3, -0.25) is 0 Å². The molecule has 1 heterocycles. The number of carbonyl (C=O) groups excluding carboxylic acids is 2. The van der Waals surface area contributed by atoms with Crippen LogP contribution >= 0.6 is 23.2 Å². The van der Waals surface area contributed by atoms with E-state index in [2.05, 4.69) is 4.74 Å². The number of rotatable bonds is 3. The molecule has 0 aliphatic carbocycles. The molecule has 2 rings (SSSR count). The van der Waals surface area contributed by atoms with Gasteiger partial charge in [-0.2, -0.15) is 5.26 Å². The van der Waals surface area contributed by atoms with Crippen molar-refractivity contribution in [1.29, 1.82) is 5.26 Å². The molecule has 0 N–H and O–H groups in total. The third kappa shape index (κ3) is 3.31. The van der Waals surface area contributed by atoms with Gasteiger partial charge >= 0.3 is 11.9 Å². The van der Waals surface area contributed by atoms with E-state index in [1.165, 1.54) is 31.3 Å². The van der Waals surface area contributed by atoms with Gasteiger partial charge in [-0.15, -0.1) is 0 Å². The van der Waals surface area contributed by atoms with Gasteiger partial charge in [-0.25, -0.2) is 9.59 Å². The second-order valence-electron chi connectivity index (χ2n) is 4.61. The van der Waals surface area contributed by atoms with E-state index in [1.807, 2.05) is 6.07 Å². The van der Waals surface area contributed by atoms with Gasteiger partial charge in [0.15, 0.2) is 0 Å². The molecule has 1 aromatic rings. The maximum Gasteiger partial charge on any atom is 0.355 e. The Balaban J connectivity index is 2.71. The number of hydrogen-bond donors (Lipinski definition) is 0. The summed E-state index contributed by atoms with van der Waals surface area (Å²) >= 11 is 12.1. The molecule has 7 nitrogen and oxygen atoms in total. The fraction of sp³-hybridized carbons (Fsp3) is 0.267. The molecule has 0 unspecified atom stereocenters. The van der Waals surface area contributed by atoms with Crippen molar-refractivity contribution in [2.45, 2.75) is 0 Å². The highest BCUT2D eigenvalue weighted by molar-refractivity contribution is 6.37. The van der Waals surface area contributed by atoms with Crippen molar-refractivity contribution in [2.24, 2.45) is 0 Å². The number of methoxy groups -OCH3 is 2. The van der Waals surface area contributed by atoms with Crippen LogP contribution in [0, 0.1) is 11.3 Å². The van der Waals surface area contributed by atoms with Crippen LogP contribution in [-0.4, -0.2) is 39.5 Å². The van der Waals surface area contributed by atoms with Crippen LogP contribution in [0.15, 0.2) is 23.4 Å². The maximum atomic E-state index is 12.2. The number of benzene rings is 1. The largest absolute Gasteiger partial charge is 0.466 e. The van der Waals surface area contributed by atoms with Crippen molar-refractivity contribution in [1.82, 2.24) is 0 Å². The molecule has 0 amide bonds. The fourth-order valence-electron chi connectivity index (χ4n) is 2.25. The first-order chi connectivity index (χ1) is 11.4. The summed E-state index contributed by atoms with van der Waals surface area (Å²) in [5.74, 6) is -1.53. The van der Waals surface area contributed by atoms with Gasteiger partial charge in [0.25, 0.3) is 0 Å². The molecule has 0 bridgehead atoms. The molecule has 9 heteroatoms. The van der Waals surface area contributed by atoms with Crippen molar-refractivity contribution in [2.75, 3.05) is 32.5 Å². The highest BCUT2D eigenvalue weighted by Crippen LogP contribution is 2.37. The minimum atomic E-state index is -0.784. The summed E-state index contributed by atoms with van der Waals surface area (Å²) in [7, 11) is 2.35. The van der Waals surface area contributed by atoms with E-state index in [4.69, 9.17) is 32.7 Å². The molecular formula is C15H12Cl2N2O5. The van der Waals surface area contributed by atoms with Gasteiger partial charge in [-0.05, 0) is 12.1 Å². The Morgan fingerprint density at radius 2 is 1.92 bits per heavy atom. The molecular weight excluding hydrogens is 359 g/mol. The van der Waals surface area contributed by atoms with Gasteiger partial charge in [0.2, 0.25) is 0 Å². The number of ether oxygens (including phenoxy) is 3. The molecule has 0 spiro atoms. The molecule has 24 heavy (non-hydrogen) atoms. The second kappa shape index (κ2) is 7.53. The minimum absolute atomic E-state index is 0.0366. The Kier molecular flexibility index (Phi) is 5.67. The predicted molar refractivity (Wildman–Crippen MR) is 85.5 cm³/mol. The van der Waals surface area contributed by atoms with Crippen LogP contribution in [-0.2, 0) is 23.8 Å². The Morgan fingerprint density at radius 3 is 2.50 bits per heavy atom. The van der Waals surface area contributed by atoms with E-state index in [9.17, 15) is 14.9 Å². The normalized spacial score (nSPS) is 14.2. The highest BCUT2D eigenvalue weighted by atomic mass is 35.5. The molecule has 0 aromatic heterocycles. The van der Waals surface area contributed by atoms with Crippen LogP contribution in [0.4, 0.5) is 5.69 Å². The third-order valence-corrected chi connectivity index (χ3v) is 3.76. The standard InChI is InChI=1S/C15H12Cl2N2O5/c1-22-14(20)10-6-24-7-19(13(10)15(21)23-2)12-8(5-18)3-9(16)4-11(12)17/h3-4H,6-7H2,1-2H3. The Hall–Kier alpha value is -2.27. The predicted octanol–water partition coefficient (Wildman–Crippen LogP) is 2.26. The Morgan fingerprint density at radius 1 is 1.25 bits per heavy atom. The summed E-state index contributed by atoms with van der Waals surface area (Å²) < 4.78 is 14.8. The van der Waals surface area contributed by atoms with Crippen molar-refractivity contribution >= 4 is 40.8 Å². The van der Waals surface area contributed by atoms with Crippen molar-refractivity contribution in [3.8, 4) is 6.07 Å². The van der Waals surface area contributed by atoms with Gasteiger partial charge < -0.3 is 19.1 Å². The zero-order valence-corrected chi connectivity index (χ0v) is 14.3. The summed E-state index contributed by atoms with van der Waals surface area (Å²) in [4.78, 5) is 25.5. The number of nitrogens with zero attached hydrogens (tertiary/aromatic N) is 2. The molecule has 0 radical (unpaired) electrons. The number of halogens is 2. The average molecular weight is 371 g/mol. The lowest BCUT2D eigenvalue weighted by Crippen LogP contribution is -2.39. The lowest BCUT2D eigenvalue weighted by Gasteiger charge is -2.32.